The number of nitrogens with zero attached hydrogens (tertiary/aromatic N) is 2. The fraction of sp³-hybridized carbons (Fsp3) is 0.300. The van der Waals surface area contributed by atoms with E-state index in [1.165, 1.54) is 11.3 Å². The van der Waals surface area contributed by atoms with Crippen molar-refractivity contribution in [3.63, 3.8) is 0 Å². The summed E-state index contributed by atoms with van der Waals surface area (Å²) in [7, 11) is 5.30. The Morgan fingerprint density at radius 1 is 1.29 bits per heavy atom. The largest absolute Gasteiger partial charge is 0.494 e. The molecule has 2 N–H and O–H groups in total. The maximum absolute atomic E-state index is 11.9. The Balaban J connectivity index is 2.20. The predicted molar refractivity (Wildman–Crippen MR) is 115 cm³/mol. The number of ether oxygens (including phenoxy) is 2. The lowest BCUT2D eigenvalue weighted by molar-refractivity contribution is 0.100. The van der Waals surface area contributed by atoms with Crippen LogP contribution in [-0.4, -0.2) is 45.3 Å². The number of fused-ring (bicyclic) bond motifs is 1. The number of alkyl halides is 1. The highest BCUT2D eigenvalue weighted by atomic mass is 35.5. The first kappa shape index (κ1) is 20.4. The molecule has 1 aromatic heterocycles. The van der Waals surface area contributed by atoms with Gasteiger partial charge in [-0.25, -0.2) is 4.98 Å². The SMILES string of the molecule is COCCN(C)c1ccc(OC)c2nc(-c3cc(CCl)ccc3C(N)=O)sc12. The molecule has 2 aromatic carbocycles. The molecule has 0 saturated heterocycles. The summed E-state index contributed by atoms with van der Waals surface area (Å²) >= 11 is 7.48. The molecule has 0 atom stereocenters. The Labute approximate surface area is 172 Å². The molecular weight excluding hydrogens is 398 g/mol. The summed E-state index contributed by atoms with van der Waals surface area (Å²) in [5.74, 6) is 0.515. The summed E-state index contributed by atoms with van der Waals surface area (Å²) in [5.41, 5.74) is 9.34. The van der Waals surface area contributed by atoms with Crippen molar-refractivity contribution in [2.24, 2.45) is 5.73 Å². The van der Waals surface area contributed by atoms with Crippen molar-refractivity contribution in [3.8, 4) is 16.3 Å². The van der Waals surface area contributed by atoms with Crippen molar-refractivity contribution >= 4 is 44.7 Å². The van der Waals surface area contributed by atoms with Crippen LogP contribution in [0.4, 0.5) is 5.69 Å². The lowest BCUT2D eigenvalue weighted by atomic mass is 10.0. The van der Waals surface area contributed by atoms with Gasteiger partial charge in [-0.1, -0.05) is 6.07 Å². The summed E-state index contributed by atoms with van der Waals surface area (Å²) in [4.78, 5) is 18.8. The van der Waals surface area contributed by atoms with Crippen LogP contribution in [0.25, 0.3) is 20.8 Å². The van der Waals surface area contributed by atoms with Crippen molar-refractivity contribution < 1.29 is 14.3 Å². The average Bonchev–Trinajstić information content (AvgIpc) is 3.15. The van der Waals surface area contributed by atoms with Crippen LogP contribution in [0.5, 0.6) is 5.75 Å². The van der Waals surface area contributed by atoms with E-state index in [9.17, 15) is 4.79 Å². The number of rotatable bonds is 8. The summed E-state index contributed by atoms with van der Waals surface area (Å²) in [6.45, 7) is 1.35. The van der Waals surface area contributed by atoms with Gasteiger partial charge >= 0.3 is 0 Å². The molecule has 8 heteroatoms. The quantitative estimate of drug-likeness (QED) is 0.560. The van der Waals surface area contributed by atoms with Gasteiger partial charge in [0, 0.05) is 37.7 Å². The second-order valence-corrected chi connectivity index (χ2v) is 7.54. The summed E-state index contributed by atoms with van der Waals surface area (Å²) in [5, 5.41) is 0.696. The van der Waals surface area contributed by atoms with Gasteiger partial charge in [-0.15, -0.1) is 22.9 Å². The normalized spacial score (nSPS) is 11.0. The number of carbonyl (C=O) groups excluding carboxylic acids is 1. The number of methoxy groups -OCH3 is 2. The van der Waals surface area contributed by atoms with Gasteiger partial charge in [-0.2, -0.15) is 0 Å². The molecule has 28 heavy (non-hydrogen) atoms. The molecule has 3 aromatic rings. The Morgan fingerprint density at radius 3 is 2.71 bits per heavy atom. The van der Waals surface area contributed by atoms with E-state index in [4.69, 9.17) is 31.8 Å². The number of aromatic nitrogens is 1. The standard InChI is InChI=1S/C20H22ClN3O3S/c1-24(8-9-26-2)15-6-7-16(27-3)17-18(15)28-20(23-17)14-10-12(11-21)4-5-13(14)19(22)25/h4-7,10H,8-9,11H2,1-3H3,(H2,22,25). The maximum atomic E-state index is 11.9. The number of nitrogens with two attached hydrogens (primary N) is 1. The highest BCUT2D eigenvalue weighted by Gasteiger charge is 2.19. The van der Waals surface area contributed by atoms with Crippen molar-refractivity contribution in [3.05, 3.63) is 41.5 Å². The highest BCUT2D eigenvalue weighted by molar-refractivity contribution is 7.22. The monoisotopic (exact) mass is 419 g/mol. The van der Waals surface area contributed by atoms with Crippen LogP contribution < -0.4 is 15.4 Å². The van der Waals surface area contributed by atoms with Crippen molar-refractivity contribution in [2.75, 3.05) is 39.3 Å². The number of anilines is 1. The molecule has 0 unspecified atom stereocenters. The molecule has 1 heterocycles. The Hall–Kier alpha value is -2.35. The van der Waals surface area contributed by atoms with Crippen LogP contribution in [0.1, 0.15) is 15.9 Å². The minimum Gasteiger partial charge on any atom is -0.494 e. The van der Waals surface area contributed by atoms with Gasteiger partial charge < -0.3 is 20.1 Å². The van der Waals surface area contributed by atoms with Crippen molar-refractivity contribution in [2.45, 2.75) is 5.88 Å². The van der Waals surface area contributed by atoms with Gasteiger partial charge in [0.2, 0.25) is 5.91 Å². The van der Waals surface area contributed by atoms with Gasteiger partial charge in [0.1, 0.15) is 16.3 Å². The Kier molecular flexibility index (Phi) is 6.39. The minimum absolute atomic E-state index is 0.339. The fourth-order valence-corrected chi connectivity index (χ4v) is 4.31. The molecule has 6 nitrogen and oxygen atoms in total. The van der Waals surface area contributed by atoms with Crippen LogP contribution in [0, 0.1) is 0 Å². The number of benzene rings is 2. The predicted octanol–water partition coefficient (Wildman–Crippen LogP) is 3.89. The van der Waals surface area contributed by atoms with Crippen LogP contribution in [0.15, 0.2) is 30.3 Å². The molecule has 0 fully saturated rings. The summed E-state index contributed by atoms with van der Waals surface area (Å²) < 4.78 is 11.7. The summed E-state index contributed by atoms with van der Waals surface area (Å²) in [6, 6.07) is 9.27. The molecule has 3 rings (SSSR count). The first-order valence-corrected chi connectivity index (χ1v) is 10.0. The molecule has 0 bridgehead atoms. The minimum atomic E-state index is -0.500. The van der Waals surface area contributed by atoms with E-state index < -0.39 is 5.91 Å². The Morgan fingerprint density at radius 2 is 2.07 bits per heavy atom. The van der Waals surface area contributed by atoms with Gasteiger partial charge in [-0.05, 0) is 29.8 Å². The van der Waals surface area contributed by atoms with E-state index in [1.54, 1.807) is 26.4 Å². The first-order chi connectivity index (χ1) is 13.5. The van der Waals surface area contributed by atoms with E-state index in [1.807, 2.05) is 25.2 Å². The van der Waals surface area contributed by atoms with Gasteiger partial charge in [0.05, 0.1) is 24.1 Å². The number of hydrogen-bond acceptors (Lipinski definition) is 6. The third-order valence-corrected chi connectivity index (χ3v) is 5.90. The second kappa shape index (κ2) is 8.77. The number of halogens is 1. The number of amides is 1. The lowest BCUT2D eigenvalue weighted by Crippen LogP contribution is -2.22. The first-order valence-electron chi connectivity index (χ1n) is 8.66. The van der Waals surface area contributed by atoms with Gasteiger partial charge in [-0.3, -0.25) is 4.79 Å². The third kappa shape index (κ3) is 3.92. The zero-order valence-electron chi connectivity index (χ0n) is 16.0. The second-order valence-electron chi connectivity index (χ2n) is 6.28. The van der Waals surface area contributed by atoms with E-state index in [2.05, 4.69) is 4.90 Å². The molecule has 1 amide bonds. The zero-order valence-corrected chi connectivity index (χ0v) is 17.6. The third-order valence-electron chi connectivity index (χ3n) is 4.48. The molecule has 148 valence electrons. The molecule has 0 spiro atoms. The number of thiazole rings is 1. The van der Waals surface area contributed by atoms with Crippen LogP contribution >= 0.6 is 22.9 Å². The summed E-state index contributed by atoms with van der Waals surface area (Å²) in [6.07, 6.45) is 0. The van der Waals surface area contributed by atoms with Crippen molar-refractivity contribution in [1.82, 2.24) is 4.98 Å². The number of likely N-dealkylation sites (N-methyl/N-ethyl adjacent to an activating group) is 1. The van der Waals surface area contributed by atoms with Crippen LogP contribution in [0.2, 0.25) is 0 Å². The number of carbonyl (C=O) groups is 1. The van der Waals surface area contributed by atoms with Crippen LogP contribution in [-0.2, 0) is 10.6 Å². The number of primary amides is 1. The zero-order chi connectivity index (χ0) is 20.3. The van der Waals surface area contributed by atoms with Crippen LogP contribution in [0.3, 0.4) is 0 Å². The van der Waals surface area contributed by atoms with E-state index in [-0.39, 0.29) is 0 Å². The fourth-order valence-electron chi connectivity index (χ4n) is 2.97. The van der Waals surface area contributed by atoms with Gasteiger partial charge in [0.25, 0.3) is 0 Å². The topological polar surface area (TPSA) is 77.7 Å². The van der Waals surface area contributed by atoms with E-state index >= 15 is 0 Å². The Bertz CT molecular complexity index is 1010. The van der Waals surface area contributed by atoms with E-state index in [0.29, 0.717) is 34.4 Å². The molecule has 0 saturated carbocycles. The average molecular weight is 420 g/mol. The number of hydrogen-bond donors (Lipinski definition) is 1. The van der Waals surface area contributed by atoms with E-state index in [0.717, 1.165) is 28.0 Å². The highest BCUT2D eigenvalue weighted by Crippen LogP contribution is 2.41. The molecule has 0 aliphatic rings. The van der Waals surface area contributed by atoms with Crippen molar-refractivity contribution in [1.29, 1.82) is 0 Å². The smallest absolute Gasteiger partial charge is 0.249 e. The molecule has 0 aliphatic heterocycles. The molecule has 0 radical (unpaired) electrons. The van der Waals surface area contributed by atoms with Gasteiger partial charge in [0.15, 0.2) is 0 Å². The molecular formula is C20H22ClN3O3S. The lowest BCUT2D eigenvalue weighted by Gasteiger charge is -2.19. The molecule has 0 aliphatic carbocycles. The maximum Gasteiger partial charge on any atom is 0.249 e.